The number of rotatable bonds is 4. The van der Waals surface area contributed by atoms with Crippen LogP contribution in [0.15, 0.2) is 12.2 Å². The molecule has 0 saturated carbocycles. The minimum atomic E-state index is -2.92. The molecule has 1 aliphatic heterocycles. The van der Waals surface area contributed by atoms with Crippen LogP contribution in [0.1, 0.15) is 13.8 Å². The summed E-state index contributed by atoms with van der Waals surface area (Å²) in [5.41, 5.74) is 0.373. The topological polar surface area (TPSA) is 63.7 Å². The van der Waals surface area contributed by atoms with Crippen LogP contribution in [0, 0.1) is 0 Å². The fourth-order valence-corrected chi connectivity index (χ4v) is 3.44. The Labute approximate surface area is 102 Å². The molecule has 0 N–H and O–H groups in total. The van der Waals surface area contributed by atoms with E-state index >= 15 is 0 Å². The average molecular weight is 261 g/mol. The molecule has 1 aliphatic rings. The van der Waals surface area contributed by atoms with Crippen molar-refractivity contribution in [2.24, 2.45) is 0 Å². The van der Waals surface area contributed by atoms with Gasteiger partial charge in [-0.2, -0.15) is 0 Å². The number of carbonyl (C=O) groups is 1. The molecule has 0 spiro atoms. The standard InChI is InChI=1S/C11H19NO4S/c1-4-16-11(13)9(2)7-12-5-6-17(14,15)8-10(12)3/h10H,2,4-8H2,1,3H3. The molecule has 6 heteroatoms. The van der Waals surface area contributed by atoms with Gasteiger partial charge in [-0.3, -0.25) is 4.90 Å². The lowest BCUT2D eigenvalue weighted by Gasteiger charge is -2.33. The predicted octanol–water partition coefficient (Wildman–Crippen LogP) is 0.225. The summed E-state index contributed by atoms with van der Waals surface area (Å²) in [7, 11) is -2.92. The number of hydrogen-bond acceptors (Lipinski definition) is 5. The van der Waals surface area contributed by atoms with Crippen LogP contribution in [0.5, 0.6) is 0 Å². The molecule has 1 unspecified atom stereocenters. The van der Waals surface area contributed by atoms with E-state index in [2.05, 4.69) is 6.58 Å². The smallest absolute Gasteiger partial charge is 0.334 e. The molecule has 1 rings (SSSR count). The molecule has 0 amide bonds. The molecular formula is C11H19NO4S. The molecule has 1 fully saturated rings. The third-order valence-corrected chi connectivity index (χ3v) is 4.56. The van der Waals surface area contributed by atoms with Crippen LogP contribution >= 0.6 is 0 Å². The van der Waals surface area contributed by atoms with Crippen molar-refractivity contribution in [2.45, 2.75) is 19.9 Å². The van der Waals surface area contributed by atoms with Crippen molar-refractivity contribution in [1.82, 2.24) is 4.90 Å². The lowest BCUT2D eigenvalue weighted by atomic mass is 10.2. The molecule has 0 aromatic carbocycles. The molecule has 0 aromatic heterocycles. The van der Waals surface area contributed by atoms with Crippen LogP contribution in [0.4, 0.5) is 0 Å². The van der Waals surface area contributed by atoms with E-state index in [1.54, 1.807) is 6.92 Å². The summed E-state index contributed by atoms with van der Waals surface area (Å²) in [5, 5.41) is 0. The summed E-state index contributed by atoms with van der Waals surface area (Å²) < 4.78 is 27.6. The molecule has 0 radical (unpaired) electrons. The van der Waals surface area contributed by atoms with Crippen molar-refractivity contribution in [3.8, 4) is 0 Å². The van der Waals surface area contributed by atoms with Crippen LogP contribution in [0.2, 0.25) is 0 Å². The Bertz CT molecular complexity index is 402. The van der Waals surface area contributed by atoms with Crippen molar-refractivity contribution in [3.63, 3.8) is 0 Å². The number of sulfone groups is 1. The summed E-state index contributed by atoms with van der Waals surface area (Å²) in [5.74, 6) is -0.121. The van der Waals surface area contributed by atoms with Crippen molar-refractivity contribution >= 4 is 15.8 Å². The quantitative estimate of drug-likeness (QED) is 0.535. The van der Waals surface area contributed by atoms with E-state index in [0.717, 1.165) is 0 Å². The van der Waals surface area contributed by atoms with Gasteiger partial charge in [-0.05, 0) is 13.8 Å². The first-order chi connectivity index (χ1) is 7.85. The second-order valence-corrected chi connectivity index (χ2v) is 6.49. The molecule has 17 heavy (non-hydrogen) atoms. The highest BCUT2D eigenvalue weighted by Crippen LogP contribution is 2.13. The van der Waals surface area contributed by atoms with Gasteiger partial charge in [-0.25, -0.2) is 13.2 Å². The van der Waals surface area contributed by atoms with Crippen molar-refractivity contribution in [3.05, 3.63) is 12.2 Å². The lowest BCUT2D eigenvalue weighted by molar-refractivity contribution is -0.138. The van der Waals surface area contributed by atoms with Gasteiger partial charge in [-0.1, -0.05) is 6.58 Å². The minimum Gasteiger partial charge on any atom is -0.463 e. The zero-order valence-corrected chi connectivity index (χ0v) is 11.1. The average Bonchev–Trinajstić information content (AvgIpc) is 2.21. The third kappa shape index (κ3) is 4.12. The molecule has 0 aliphatic carbocycles. The number of esters is 1. The number of ether oxygens (including phenoxy) is 1. The summed E-state index contributed by atoms with van der Waals surface area (Å²) in [6, 6.07) is -0.0834. The largest absolute Gasteiger partial charge is 0.463 e. The van der Waals surface area contributed by atoms with Gasteiger partial charge >= 0.3 is 5.97 Å². The Morgan fingerprint density at radius 3 is 2.71 bits per heavy atom. The highest BCUT2D eigenvalue weighted by Gasteiger charge is 2.29. The first-order valence-corrected chi connectivity index (χ1v) is 7.47. The summed E-state index contributed by atoms with van der Waals surface area (Å²) in [6.45, 7) is 8.39. The molecule has 0 aromatic rings. The normalized spacial score (nSPS) is 24.2. The van der Waals surface area contributed by atoms with Gasteiger partial charge in [0, 0.05) is 24.7 Å². The minimum absolute atomic E-state index is 0.0834. The van der Waals surface area contributed by atoms with Crippen LogP contribution in [-0.4, -0.2) is 56.5 Å². The Hall–Kier alpha value is -0.880. The molecule has 98 valence electrons. The fraction of sp³-hybridized carbons (Fsp3) is 0.727. The van der Waals surface area contributed by atoms with Gasteiger partial charge in [0.2, 0.25) is 0 Å². The number of carbonyl (C=O) groups excluding carboxylic acids is 1. The zero-order chi connectivity index (χ0) is 13.1. The highest BCUT2D eigenvalue weighted by atomic mass is 32.2. The van der Waals surface area contributed by atoms with Gasteiger partial charge in [0.1, 0.15) is 0 Å². The Morgan fingerprint density at radius 2 is 2.18 bits per heavy atom. The monoisotopic (exact) mass is 261 g/mol. The summed E-state index contributed by atoms with van der Waals surface area (Å²) in [4.78, 5) is 13.3. The number of nitrogens with zero attached hydrogens (tertiary/aromatic N) is 1. The second-order valence-electron chi connectivity index (χ2n) is 4.26. The molecule has 1 heterocycles. The van der Waals surface area contributed by atoms with E-state index in [1.165, 1.54) is 0 Å². The molecule has 0 bridgehead atoms. The molecule has 1 saturated heterocycles. The zero-order valence-electron chi connectivity index (χ0n) is 10.3. The maximum atomic E-state index is 11.4. The van der Waals surface area contributed by atoms with Gasteiger partial charge in [0.25, 0.3) is 0 Å². The lowest BCUT2D eigenvalue weighted by Crippen LogP contribution is -2.47. The van der Waals surface area contributed by atoms with Gasteiger partial charge < -0.3 is 4.74 Å². The fourth-order valence-electron chi connectivity index (χ4n) is 1.81. The van der Waals surface area contributed by atoms with E-state index < -0.39 is 15.8 Å². The van der Waals surface area contributed by atoms with Gasteiger partial charge in [-0.15, -0.1) is 0 Å². The van der Waals surface area contributed by atoms with E-state index in [1.807, 2.05) is 11.8 Å². The Balaban J connectivity index is 2.53. The summed E-state index contributed by atoms with van der Waals surface area (Å²) >= 11 is 0. The van der Waals surface area contributed by atoms with Crippen molar-refractivity contribution in [2.75, 3.05) is 31.2 Å². The first-order valence-electron chi connectivity index (χ1n) is 5.65. The van der Waals surface area contributed by atoms with Crippen LogP contribution < -0.4 is 0 Å². The van der Waals surface area contributed by atoms with E-state index in [-0.39, 0.29) is 17.5 Å². The second kappa shape index (κ2) is 5.64. The maximum absolute atomic E-state index is 11.4. The third-order valence-electron chi connectivity index (χ3n) is 2.77. The molecule has 5 nitrogen and oxygen atoms in total. The van der Waals surface area contributed by atoms with Gasteiger partial charge in [0.05, 0.1) is 18.1 Å². The van der Waals surface area contributed by atoms with Crippen LogP contribution in [0.3, 0.4) is 0 Å². The molecule has 1 atom stereocenters. The molecular weight excluding hydrogens is 242 g/mol. The maximum Gasteiger partial charge on any atom is 0.334 e. The highest BCUT2D eigenvalue weighted by molar-refractivity contribution is 7.91. The Morgan fingerprint density at radius 1 is 1.53 bits per heavy atom. The van der Waals surface area contributed by atoms with E-state index in [0.29, 0.717) is 25.3 Å². The number of hydrogen-bond donors (Lipinski definition) is 0. The van der Waals surface area contributed by atoms with Crippen molar-refractivity contribution < 1.29 is 17.9 Å². The summed E-state index contributed by atoms with van der Waals surface area (Å²) in [6.07, 6.45) is 0. The van der Waals surface area contributed by atoms with Gasteiger partial charge in [0.15, 0.2) is 9.84 Å². The van der Waals surface area contributed by atoms with Crippen molar-refractivity contribution in [1.29, 1.82) is 0 Å². The first kappa shape index (κ1) is 14.2. The van der Waals surface area contributed by atoms with E-state index in [9.17, 15) is 13.2 Å². The SMILES string of the molecule is C=C(CN1CCS(=O)(=O)CC1C)C(=O)OCC. The predicted molar refractivity (Wildman–Crippen MR) is 65.5 cm³/mol. The van der Waals surface area contributed by atoms with Crippen LogP contribution in [-0.2, 0) is 19.4 Å². The van der Waals surface area contributed by atoms with Crippen LogP contribution in [0.25, 0.3) is 0 Å². The Kier molecular flexibility index (Phi) is 4.70. The van der Waals surface area contributed by atoms with E-state index in [4.69, 9.17) is 4.74 Å².